The zero-order valence-corrected chi connectivity index (χ0v) is 41.2. The van der Waals surface area contributed by atoms with Crippen molar-refractivity contribution in [3.63, 3.8) is 0 Å². The first-order chi connectivity index (χ1) is 32.7. The van der Waals surface area contributed by atoms with E-state index in [1.165, 1.54) is 39.1 Å². The first kappa shape index (κ1) is 49.3. The largest absolute Gasteiger partial charge is 0.462 e. The number of amides is 3. The summed E-state index contributed by atoms with van der Waals surface area (Å²) in [6.45, 7) is 1.30. The molecule has 0 atom stereocenters. The number of rotatable bonds is 20. The van der Waals surface area contributed by atoms with Gasteiger partial charge in [-0.15, -0.1) is 39.5 Å². The van der Waals surface area contributed by atoms with Crippen LogP contribution in [0, 0.1) is 0 Å². The molecule has 0 bridgehead atoms. The third-order valence-corrected chi connectivity index (χ3v) is 13.8. The molecule has 0 fully saturated rings. The summed E-state index contributed by atoms with van der Waals surface area (Å²) >= 11 is 7.17. The van der Waals surface area contributed by atoms with Crippen molar-refractivity contribution in [3.05, 3.63) is 154 Å². The van der Waals surface area contributed by atoms with E-state index in [1.807, 2.05) is 60.7 Å². The summed E-state index contributed by atoms with van der Waals surface area (Å²) in [7, 11) is -3.42. The molecule has 0 saturated heterocycles. The number of nitrogens with zero attached hydrogens (tertiary/aromatic N) is 3. The Morgan fingerprint density at radius 2 is 1.44 bits per heavy atom. The Bertz CT molecular complexity index is 3080. The predicted octanol–water partition coefficient (Wildman–Crippen LogP) is 8.74. The number of hydrogen-bond acceptors (Lipinski definition) is 14. The quantitative estimate of drug-likeness (QED) is 0.0416. The minimum absolute atomic E-state index is 0.00984. The van der Waals surface area contributed by atoms with Gasteiger partial charge in [0.25, 0.3) is 5.91 Å². The van der Waals surface area contributed by atoms with Gasteiger partial charge in [-0.25, -0.2) is 22.7 Å². The van der Waals surface area contributed by atoms with Crippen molar-refractivity contribution >= 4 is 106 Å². The molecule has 16 nitrogen and oxygen atoms in total. The number of halogens is 1. The van der Waals surface area contributed by atoms with Crippen LogP contribution in [0.1, 0.15) is 49.3 Å². The number of benzene rings is 4. The number of thioether (sulfide) groups is 1. The van der Waals surface area contributed by atoms with Crippen LogP contribution in [0.5, 0.6) is 0 Å². The van der Waals surface area contributed by atoms with Gasteiger partial charge in [-0.05, 0) is 72.1 Å². The maximum Gasteiger partial charge on any atom is 0.341 e. The first-order valence-electron chi connectivity index (χ1n) is 20.7. The molecule has 0 unspecified atom stereocenters. The van der Waals surface area contributed by atoms with Crippen molar-refractivity contribution in [2.45, 2.75) is 30.5 Å². The van der Waals surface area contributed by atoms with Gasteiger partial charge in [0.15, 0.2) is 0 Å². The lowest BCUT2D eigenvalue weighted by atomic mass is 10.1. The number of sulfonamides is 1. The van der Waals surface area contributed by atoms with Gasteiger partial charge in [-0.2, -0.15) is 0 Å². The lowest BCUT2D eigenvalue weighted by Gasteiger charge is -2.08. The van der Waals surface area contributed by atoms with Gasteiger partial charge >= 0.3 is 11.9 Å². The molecule has 350 valence electrons. The standard InChI is InChI=1S/C47H42BrN7O9S4/c1-3-63-46(59)37-24-40(67-44(37)50-41(56)25-49-43(58)32-14-8-15-33(48)21-32)31-13-7-10-29(20-31)18-19-64-47(60)38-23-39(30-11-5-4-6-12-30)66-45(38)51-42(57)27-55-26-35(52-54-55)28-65-36-17-9-16-34(22-36)53-68(2,61)62/h4-17,20-24,26,53H,3,18-19,25,27-28H2,1-2H3,(H,49,58)(H,50,56)(H,51,57). The zero-order valence-electron chi connectivity index (χ0n) is 36.3. The van der Waals surface area contributed by atoms with E-state index in [2.05, 4.69) is 46.9 Å². The summed E-state index contributed by atoms with van der Waals surface area (Å²) < 4.78 is 38.9. The molecular formula is C47H42BrN7O9S4. The third kappa shape index (κ3) is 14.0. The molecule has 68 heavy (non-hydrogen) atoms. The summed E-state index contributed by atoms with van der Waals surface area (Å²) in [6, 6.07) is 33.9. The van der Waals surface area contributed by atoms with Gasteiger partial charge in [0, 0.05) is 48.7 Å². The van der Waals surface area contributed by atoms with Crippen LogP contribution in [0.3, 0.4) is 0 Å². The van der Waals surface area contributed by atoms with Gasteiger partial charge in [0.1, 0.15) is 16.5 Å². The van der Waals surface area contributed by atoms with Crippen LogP contribution in [0.2, 0.25) is 0 Å². The number of carbonyl (C=O) groups excluding carboxylic acids is 5. The van der Waals surface area contributed by atoms with Crippen LogP contribution in [0.4, 0.5) is 15.7 Å². The number of ether oxygens (including phenoxy) is 2. The van der Waals surface area contributed by atoms with E-state index in [9.17, 15) is 32.4 Å². The van der Waals surface area contributed by atoms with E-state index in [1.54, 1.807) is 67.7 Å². The molecular weight excluding hydrogens is 1010 g/mol. The highest BCUT2D eigenvalue weighted by Crippen LogP contribution is 2.38. The molecule has 4 aromatic carbocycles. The number of esters is 2. The second-order valence-electron chi connectivity index (χ2n) is 14.8. The first-order valence-corrected chi connectivity index (χ1v) is 26.0. The summed E-state index contributed by atoms with van der Waals surface area (Å²) in [5.74, 6) is -2.23. The Morgan fingerprint density at radius 3 is 2.16 bits per heavy atom. The Kier molecular flexibility index (Phi) is 16.6. The van der Waals surface area contributed by atoms with Crippen molar-refractivity contribution in [1.82, 2.24) is 20.3 Å². The topological polar surface area (TPSA) is 217 Å². The molecule has 3 amide bonds. The molecule has 7 aromatic rings. The molecule has 0 aliphatic rings. The molecule has 0 saturated carbocycles. The van der Waals surface area contributed by atoms with E-state index < -0.39 is 39.7 Å². The molecule has 4 N–H and O–H groups in total. The van der Waals surface area contributed by atoms with Crippen molar-refractivity contribution in [2.75, 3.05) is 41.4 Å². The maximum atomic E-state index is 13.7. The normalized spacial score (nSPS) is 11.1. The average Bonchev–Trinajstić information content (AvgIpc) is 4.07. The van der Waals surface area contributed by atoms with E-state index in [4.69, 9.17) is 9.47 Å². The molecule has 3 heterocycles. The number of thiophene rings is 2. The molecule has 0 spiro atoms. The number of hydrogen-bond donors (Lipinski definition) is 4. The predicted molar refractivity (Wildman–Crippen MR) is 268 cm³/mol. The summed E-state index contributed by atoms with van der Waals surface area (Å²) in [5, 5.41) is 17.0. The van der Waals surface area contributed by atoms with Gasteiger partial charge in [0.05, 0.1) is 42.8 Å². The number of nitrogens with one attached hydrogen (secondary N) is 4. The van der Waals surface area contributed by atoms with Gasteiger partial charge in [-0.1, -0.05) is 87.9 Å². The summed E-state index contributed by atoms with van der Waals surface area (Å²) in [4.78, 5) is 67.9. The lowest BCUT2D eigenvalue weighted by molar-refractivity contribution is -0.117. The van der Waals surface area contributed by atoms with Crippen molar-refractivity contribution < 1.29 is 41.9 Å². The smallest absolute Gasteiger partial charge is 0.341 e. The highest BCUT2D eigenvalue weighted by Gasteiger charge is 2.23. The van der Waals surface area contributed by atoms with Crippen molar-refractivity contribution in [2.24, 2.45) is 0 Å². The summed E-state index contributed by atoms with van der Waals surface area (Å²) in [6.07, 6.45) is 3.06. The van der Waals surface area contributed by atoms with Gasteiger partial charge in [-0.3, -0.25) is 19.1 Å². The minimum atomic E-state index is -3.42. The fraction of sp³-hybridized carbons (Fsp3) is 0.170. The SMILES string of the molecule is CCOC(=O)c1cc(-c2cccc(CCOC(=O)c3cc(-c4ccccc4)sc3NC(=O)Cn3cc(CSc4cccc(NS(C)(=O)=O)c4)nn3)c2)sc1NC(=O)CNC(=O)c1cccc(Br)c1. The Hall–Kier alpha value is -6.65. The highest BCUT2D eigenvalue weighted by molar-refractivity contribution is 9.10. The van der Waals surface area contributed by atoms with Crippen molar-refractivity contribution in [1.29, 1.82) is 0 Å². The monoisotopic (exact) mass is 1060 g/mol. The third-order valence-electron chi connectivity index (χ3n) is 9.49. The van der Waals surface area contributed by atoms with Crippen LogP contribution in [0.25, 0.3) is 20.9 Å². The molecule has 0 aliphatic heterocycles. The van der Waals surface area contributed by atoms with Crippen LogP contribution in [-0.4, -0.2) is 79.1 Å². The fourth-order valence-electron chi connectivity index (χ4n) is 6.47. The Balaban J connectivity index is 0.976. The van der Waals surface area contributed by atoms with E-state index in [0.717, 1.165) is 37.2 Å². The maximum absolute atomic E-state index is 13.7. The number of carbonyl (C=O) groups is 5. The summed E-state index contributed by atoms with van der Waals surface area (Å²) in [5.41, 5.74) is 4.20. The Morgan fingerprint density at radius 1 is 0.765 bits per heavy atom. The molecule has 3 aromatic heterocycles. The average molecular weight is 1060 g/mol. The highest BCUT2D eigenvalue weighted by atomic mass is 79.9. The second kappa shape index (κ2) is 22.9. The van der Waals surface area contributed by atoms with E-state index in [0.29, 0.717) is 39.0 Å². The van der Waals surface area contributed by atoms with Crippen LogP contribution in [-0.2, 0) is 47.8 Å². The molecule has 7 rings (SSSR count). The van der Waals surface area contributed by atoms with Crippen LogP contribution in [0.15, 0.2) is 131 Å². The van der Waals surface area contributed by atoms with Crippen LogP contribution >= 0.6 is 50.4 Å². The van der Waals surface area contributed by atoms with Gasteiger partial charge in [0.2, 0.25) is 21.8 Å². The Labute approximate surface area is 412 Å². The lowest BCUT2D eigenvalue weighted by Crippen LogP contribution is -2.33. The molecule has 21 heteroatoms. The molecule has 0 radical (unpaired) electrons. The number of aromatic nitrogens is 3. The second-order valence-corrected chi connectivity index (χ2v) is 20.6. The van der Waals surface area contributed by atoms with Gasteiger partial charge < -0.3 is 25.4 Å². The fourth-order valence-corrected chi connectivity index (χ4v) is 10.4. The van der Waals surface area contributed by atoms with E-state index >= 15 is 0 Å². The van der Waals surface area contributed by atoms with Crippen molar-refractivity contribution in [3.8, 4) is 20.9 Å². The van der Waals surface area contributed by atoms with E-state index in [-0.39, 0.29) is 42.4 Å². The van der Waals surface area contributed by atoms with Crippen LogP contribution < -0.4 is 20.7 Å². The minimum Gasteiger partial charge on any atom is -0.462 e. The zero-order chi connectivity index (χ0) is 48.2. The molecule has 0 aliphatic carbocycles. The number of anilines is 3.